The van der Waals surface area contributed by atoms with Crippen molar-refractivity contribution in [3.8, 4) is 0 Å². The lowest BCUT2D eigenvalue weighted by atomic mass is 10.1. The summed E-state index contributed by atoms with van der Waals surface area (Å²) in [4.78, 5) is 33.0. The van der Waals surface area contributed by atoms with Crippen molar-refractivity contribution in [2.45, 2.75) is 12.6 Å². The van der Waals surface area contributed by atoms with Crippen LogP contribution in [-0.4, -0.2) is 59.3 Å². The number of hydrogen-bond acceptors (Lipinski definition) is 4. The van der Waals surface area contributed by atoms with Gasteiger partial charge in [0.05, 0.1) is 0 Å². The van der Waals surface area contributed by atoms with E-state index in [1.54, 1.807) is 36.3 Å². The molecule has 1 aromatic carbocycles. The van der Waals surface area contributed by atoms with E-state index in [9.17, 15) is 9.59 Å². The van der Waals surface area contributed by atoms with E-state index in [-0.39, 0.29) is 17.9 Å². The Kier molecular flexibility index (Phi) is 5.40. The smallest absolute Gasteiger partial charge is 0.272 e. The fraction of sp³-hybridized carbons (Fsp3) is 0.316. The highest BCUT2D eigenvalue weighted by atomic mass is 16.2. The van der Waals surface area contributed by atoms with E-state index in [4.69, 9.17) is 0 Å². The number of aromatic nitrogens is 1. The predicted molar refractivity (Wildman–Crippen MR) is 94.8 cm³/mol. The van der Waals surface area contributed by atoms with Crippen LogP contribution in [0.3, 0.4) is 0 Å². The van der Waals surface area contributed by atoms with Crippen molar-refractivity contribution in [1.82, 2.24) is 20.1 Å². The van der Waals surface area contributed by atoms with Gasteiger partial charge in [-0.05, 0) is 17.7 Å². The van der Waals surface area contributed by atoms with Crippen molar-refractivity contribution in [3.63, 3.8) is 0 Å². The van der Waals surface area contributed by atoms with Crippen molar-refractivity contribution in [3.05, 3.63) is 66.0 Å². The Morgan fingerprint density at radius 3 is 2.56 bits per heavy atom. The Bertz CT molecular complexity index is 721. The molecular formula is C19H22N4O2. The maximum absolute atomic E-state index is 12.6. The molecule has 1 saturated heterocycles. The number of carbonyl (C=O) groups excluding carboxylic acids is 2. The molecule has 0 saturated carbocycles. The second-order valence-electron chi connectivity index (χ2n) is 6.05. The predicted octanol–water partition coefficient (Wildman–Crippen LogP) is 1.15. The van der Waals surface area contributed by atoms with Crippen LogP contribution in [0.25, 0.3) is 0 Å². The van der Waals surface area contributed by atoms with Crippen LogP contribution in [-0.2, 0) is 11.3 Å². The minimum absolute atomic E-state index is 0.0746. The molecule has 1 unspecified atom stereocenters. The Morgan fingerprint density at radius 1 is 1.12 bits per heavy atom. The van der Waals surface area contributed by atoms with Gasteiger partial charge in [-0.25, -0.2) is 0 Å². The van der Waals surface area contributed by atoms with Gasteiger partial charge in [0.25, 0.3) is 5.91 Å². The quantitative estimate of drug-likeness (QED) is 0.908. The van der Waals surface area contributed by atoms with E-state index >= 15 is 0 Å². The molecule has 1 aliphatic rings. The lowest BCUT2D eigenvalue weighted by molar-refractivity contribution is -0.128. The highest BCUT2D eigenvalue weighted by molar-refractivity contribution is 5.93. The maximum Gasteiger partial charge on any atom is 0.272 e. The Morgan fingerprint density at radius 2 is 1.88 bits per heavy atom. The standard InChI is InChI=1S/C19H22N4O2/c1-20-18(24)17-14-23(19(25)16-9-5-6-10-21-16)12-11-22(17)13-15-7-3-2-4-8-15/h2-10,17H,11-14H2,1H3,(H,20,24). The van der Waals surface area contributed by atoms with Gasteiger partial charge in [0, 0.05) is 39.4 Å². The molecule has 1 fully saturated rings. The van der Waals surface area contributed by atoms with Crippen molar-refractivity contribution in [1.29, 1.82) is 0 Å². The molecule has 0 radical (unpaired) electrons. The first kappa shape index (κ1) is 17.1. The molecule has 2 aromatic rings. The van der Waals surface area contributed by atoms with E-state index < -0.39 is 0 Å². The monoisotopic (exact) mass is 338 g/mol. The first-order valence-corrected chi connectivity index (χ1v) is 8.39. The number of nitrogens with one attached hydrogen (secondary N) is 1. The van der Waals surface area contributed by atoms with E-state index in [0.717, 1.165) is 5.56 Å². The lowest BCUT2D eigenvalue weighted by Gasteiger charge is -2.40. The van der Waals surface area contributed by atoms with E-state index in [1.807, 2.05) is 30.3 Å². The van der Waals surface area contributed by atoms with Gasteiger partial charge in [-0.2, -0.15) is 0 Å². The van der Waals surface area contributed by atoms with Crippen LogP contribution >= 0.6 is 0 Å². The summed E-state index contributed by atoms with van der Waals surface area (Å²) in [6.07, 6.45) is 1.61. The normalized spacial score (nSPS) is 18.0. The summed E-state index contributed by atoms with van der Waals surface area (Å²) in [5.74, 6) is -0.205. The van der Waals surface area contributed by atoms with Crippen LogP contribution in [0, 0.1) is 0 Å². The van der Waals surface area contributed by atoms with Crippen LogP contribution in [0.2, 0.25) is 0 Å². The van der Waals surface area contributed by atoms with Crippen LogP contribution in [0.15, 0.2) is 54.7 Å². The number of carbonyl (C=O) groups is 2. The summed E-state index contributed by atoms with van der Waals surface area (Å²) in [6, 6.07) is 15.0. The Balaban J connectivity index is 1.74. The van der Waals surface area contributed by atoms with Crippen molar-refractivity contribution < 1.29 is 9.59 Å². The minimum atomic E-state index is -0.369. The Hall–Kier alpha value is -2.73. The Labute approximate surface area is 147 Å². The van der Waals surface area contributed by atoms with Gasteiger partial charge in [-0.1, -0.05) is 36.4 Å². The summed E-state index contributed by atoms with van der Waals surface area (Å²) in [6.45, 7) is 2.27. The average molecular weight is 338 g/mol. The van der Waals surface area contributed by atoms with Gasteiger partial charge >= 0.3 is 0 Å². The third-order valence-electron chi connectivity index (χ3n) is 4.44. The molecule has 0 bridgehead atoms. The second kappa shape index (κ2) is 7.90. The van der Waals surface area contributed by atoms with E-state index in [1.165, 1.54) is 0 Å². The summed E-state index contributed by atoms with van der Waals surface area (Å²) in [7, 11) is 1.63. The number of nitrogens with zero attached hydrogens (tertiary/aromatic N) is 3. The molecule has 2 amide bonds. The zero-order valence-corrected chi connectivity index (χ0v) is 14.3. The van der Waals surface area contributed by atoms with Crippen molar-refractivity contribution in [2.24, 2.45) is 0 Å². The molecule has 0 aliphatic carbocycles. The van der Waals surface area contributed by atoms with Gasteiger partial charge in [0.2, 0.25) is 5.91 Å². The fourth-order valence-electron chi connectivity index (χ4n) is 3.08. The topological polar surface area (TPSA) is 65.5 Å². The van der Waals surface area contributed by atoms with Crippen molar-refractivity contribution in [2.75, 3.05) is 26.7 Å². The molecule has 2 heterocycles. The minimum Gasteiger partial charge on any atom is -0.358 e. The van der Waals surface area contributed by atoms with Gasteiger partial charge in [0.1, 0.15) is 11.7 Å². The van der Waals surface area contributed by atoms with Gasteiger partial charge in [-0.15, -0.1) is 0 Å². The number of pyridine rings is 1. The third-order valence-corrected chi connectivity index (χ3v) is 4.44. The molecule has 130 valence electrons. The molecule has 6 nitrogen and oxygen atoms in total. The molecule has 6 heteroatoms. The summed E-state index contributed by atoms with van der Waals surface area (Å²) >= 11 is 0. The van der Waals surface area contributed by atoms with Gasteiger partial charge in [0.15, 0.2) is 0 Å². The first-order valence-electron chi connectivity index (χ1n) is 8.39. The van der Waals surface area contributed by atoms with Crippen molar-refractivity contribution >= 4 is 11.8 Å². The number of amides is 2. The molecule has 25 heavy (non-hydrogen) atoms. The van der Waals surface area contributed by atoms with Crippen LogP contribution in [0.5, 0.6) is 0 Å². The molecule has 0 spiro atoms. The zero-order valence-electron chi connectivity index (χ0n) is 14.3. The SMILES string of the molecule is CNC(=O)C1CN(C(=O)c2ccccn2)CCN1Cc1ccccc1. The molecule has 1 N–H and O–H groups in total. The van der Waals surface area contributed by atoms with Crippen LogP contribution < -0.4 is 5.32 Å². The molecule has 3 rings (SSSR count). The molecule has 1 aliphatic heterocycles. The second-order valence-corrected chi connectivity index (χ2v) is 6.05. The highest BCUT2D eigenvalue weighted by Gasteiger charge is 2.34. The number of rotatable bonds is 4. The van der Waals surface area contributed by atoms with Crippen LogP contribution in [0.1, 0.15) is 16.1 Å². The third kappa shape index (κ3) is 4.03. The molecule has 1 aromatic heterocycles. The van der Waals surface area contributed by atoms with E-state index in [0.29, 0.717) is 31.9 Å². The molecule has 1 atom stereocenters. The number of hydrogen-bond donors (Lipinski definition) is 1. The van der Waals surface area contributed by atoms with Crippen LogP contribution in [0.4, 0.5) is 0 Å². The number of benzene rings is 1. The maximum atomic E-state index is 12.6. The number of piperazine rings is 1. The van der Waals surface area contributed by atoms with Gasteiger partial charge in [-0.3, -0.25) is 19.5 Å². The average Bonchev–Trinajstić information content (AvgIpc) is 2.68. The number of likely N-dealkylation sites (N-methyl/N-ethyl adjacent to an activating group) is 1. The van der Waals surface area contributed by atoms with Gasteiger partial charge < -0.3 is 10.2 Å². The highest BCUT2D eigenvalue weighted by Crippen LogP contribution is 2.16. The lowest BCUT2D eigenvalue weighted by Crippen LogP contribution is -2.59. The fourth-order valence-corrected chi connectivity index (χ4v) is 3.08. The first-order chi connectivity index (χ1) is 12.2. The summed E-state index contributed by atoms with van der Waals surface area (Å²) in [5.41, 5.74) is 1.57. The largest absolute Gasteiger partial charge is 0.358 e. The molecular weight excluding hydrogens is 316 g/mol. The summed E-state index contributed by atoms with van der Waals surface area (Å²) < 4.78 is 0. The summed E-state index contributed by atoms with van der Waals surface area (Å²) in [5, 5.41) is 2.72. The zero-order chi connectivity index (χ0) is 17.6. The van der Waals surface area contributed by atoms with E-state index in [2.05, 4.69) is 15.2 Å².